The van der Waals surface area contributed by atoms with Gasteiger partial charge in [-0.3, -0.25) is 15.2 Å². The van der Waals surface area contributed by atoms with Crippen LogP contribution in [0.5, 0.6) is 0 Å². The lowest BCUT2D eigenvalue weighted by molar-refractivity contribution is 0.0955. The van der Waals surface area contributed by atoms with E-state index < -0.39 is 0 Å². The van der Waals surface area contributed by atoms with Crippen molar-refractivity contribution in [1.82, 2.24) is 10.4 Å². The summed E-state index contributed by atoms with van der Waals surface area (Å²) >= 11 is 0. The molecule has 2 aromatic rings. The van der Waals surface area contributed by atoms with E-state index >= 15 is 0 Å². The molecule has 104 valence electrons. The highest BCUT2D eigenvalue weighted by Crippen LogP contribution is 2.33. The first-order valence-corrected chi connectivity index (χ1v) is 7.20. The van der Waals surface area contributed by atoms with Crippen molar-refractivity contribution in [2.45, 2.75) is 38.0 Å². The van der Waals surface area contributed by atoms with E-state index in [0.29, 0.717) is 11.5 Å². The molecule has 0 saturated heterocycles. The minimum Gasteiger partial charge on any atom is -0.290 e. The highest BCUT2D eigenvalue weighted by molar-refractivity contribution is 6.06. The van der Waals surface area contributed by atoms with Crippen molar-refractivity contribution < 1.29 is 4.79 Å². The lowest BCUT2D eigenvalue weighted by atomic mass is 9.86. The number of carbonyl (C=O) groups is 1. The molecule has 4 nitrogen and oxygen atoms in total. The summed E-state index contributed by atoms with van der Waals surface area (Å²) in [7, 11) is 0. The molecule has 3 N–H and O–H groups in total. The van der Waals surface area contributed by atoms with Gasteiger partial charge in [0.1, 0.15) is 0 Å². The number of pyridine rings is 1. The predicted octanol–water partition coefficient (Wildman–Crippen LogP) is 2.89. The van der Waals surface area contributed by atoms with Gasteiger partial charge in [0.05, 0.1) is 11.1 Å². The smallest absolute Gasteiger partial charge is 0.265 e. The van der Waals surface area contributed by atoms with Crippen LogP contribution in [0.25, 0.3) is 10.9 Å². The average molecular weight is 269 g/mol. The molecule has 20 heavy (non-hydrogen) atoms. The number of carbonyl (C=O) groups excluding carboxylic acids is 1. The zero-order valence-corrected chi connectivity index (χ0v) is 11.4. The van der Waals surface area contributed by atoms with E-state index in [0.717, 1.165) is 29.4 Å². The monoisotopic (exact) mass is 269 g/mol. The third kappa shape index (κ3) is 2.39. The number of benzene rings is 1. The van der Waals surface area contributed by atoms with Crippen molar-refractivity contribution >= 4 is 16.8 Å². The maximum absolute atomic E-state index is 12.0. The average Bonchev–Trinajstić information content (AvgIpc) is 2.54. The van der Waals surface area contributed by atoms with Crippen molar-refractivity contribution in [3.63, 3.8) is 0 Å². The fourth-order valence-electron chi connectivity index (χ4n) is 3.07. The maximum Gasteiger partial charge on any atom is 0.265 e. The van der Waals surface area contributed by atoms with Crippen LogP contribution in [0, 0.1) is 0 Å². The van der Waals surface area contributed by atoms with E-state index in [9.17, 15) is 4.79 Å². The quantitative estimate of drug-likeness (QED) is 0.500. The van der Waals surface area contributed by atoms with Crippen LogP contribution in [0.1, 0.15) is 54.1 Å². The zero-order valence-electron chi connectivity index (χ0n) is 11.4. The van der Waals surface area contributed by atoms with E-state index in [2.05, 4.69) is 5.43 Å². The third-order valence-electron chi connectivity index (χ3n) is 4.14. The molecule has 1 amide bonds. The highest BCUT2D eigenvalue weighted by Gasteiger charge is 2.20. The van der Waals surface area contributed by atoms with Gasteiger partial charge in [-0.2, -0.15) is 0 Å². The summed E-state index contributed by atoms with van der Waals surface area (Å²) in [5.41, 5.74) is 4.76. The lowest BCUT2D eigenvalue weighted by Gasteiger charge is -2.22. The van der Waals surface area contributed by atoms with Gasteiger partial charge in [0.25, 0.3) is 5.91 Å². The molecule has 0 unspecified atom stereocenters. The van der Waals surface area contributed by atoms with Crippen LogP contribution in [0.15, 0.2) is 30.3 Å². The molecule has 0 radical (unpaired) electrons. The number of nitrogens with two attached hydrogens (primary N) is 1. The van der Waals surface area contributed by atoms with Crippen LogP contribution >= 0.6 is 0 Å². The minimum atomic E-state index is -0.249. The van der Waals surface area contributed by atoms with E-state index in [1.54, 1.807) is 0 Å². The van der Waals surface area contributed by atoms with Crippen LogP contribution in [-0.2, 0) is 0 Å². The molecule has 1 saturated carbocycles. The Kier molecular flexibility index (Phi) is 3.65. The number of hydrazine groups is 1. The normalized spacial score (nSPS) is 16.2. The maximum atomic E-state index is 12.0. The Morgan fingerprint density at radius 1 is 1.20 bits per heavy atom. The Hall–Kier alpha value is -1.94. The van der Waals surface area contributed by atoms with Gasteiger partial charge in [-0.05, 0) is 25.0 Å². The van der Waals surface area contributed by atoms with Gasteiger partial charge < -0.3 is 0 Å². The van der Waals surface area contributed by atoms with Crippen LogP contribution in [0.4, 0.5) is 0 Å². The molecule has 1 aliphatic rings. The molecule has 1 heterocycles. The number of nitrogens with zero attached hydrogens (tertiary/aromatic N) is 1. The van der Waals surface area contributed by atoms with Crippen LogP contribution in [-0.4, -0.2) is 10.9 Å². The Morgan fingerprint density at radius 3 is 2.70 bits per heavy atom. The van der Waals surface area contributed by atoms with E-state index in [1.165, 1.54) is 19.3 Å². The van der Waals surface area contributed by atoms with Gasteiger partial charge in [0.15, 0.2) is 0 Å². The van der Waals surface area contributed by atoms with E-state index in [4.69, 9.17) is 10.8 Å². The van der Waals surface area contributed by atoms with Gasteiger partial charge in [0, 0.05) is 17.0 Å². The Bertz CT molecular complexity index is 633. The van der Waals surface area contributed by atoms with Gasteiger partial charge in [-0.1, -0.05) is 37.5 Å². The van der Waals surface area contributed by atoms with Gasteiger partial charge in [-0.25, -0.2) is 5.84 Å². The summed E-state index contributed by atoms with van der Waals surface area (Å²) in [6, 6.07) is 9.65. The predicted molar refractivity (Wildman–Crippen MR) is 79.2 cm³/mol. The summed E-state index contributed by atoms with van der Waals surface area (Å²) in [4.78, 5) is 16.8. The summed E-state index contributed by atoms with van der Waals surface area (Å²) in [5, 5.41) is 0.856. The van der Waals surface area contributed by atoms with Crippen LogP contribution < -0.4 is 11.3 Å². The number of amides is 1. The number of hydrogen-bond donors (Lipinski definition) is 2. The summed E-state index contributed by atoms with van der Waals surface area (Å²) in [6.45, 7) is 0. The van der Waals surface area contributed by atoms with Crippen molar-refractivity contribution in [2.75, 3.05) is 0 Å². The van der Waals surface area contributed by atoms with E-state index in [1.807, 2.05) is 30.3 Å². The molecule has 1 aromatic heterocycles. The Labute approximate surface area is 118 Å². The van der Waals surface area contributed by atoms with Crippen LogP contribution in [0.2, 0.25) is 0 Å². The molecular weight excluding hydrogens is 250 g/mol. The molecule has 1 fully saturated rings. The lowest BCUT2D eigenvalue weighted by Crippen LogP contribution is -2.30. The number of para-hydroxylation sites is 1. The van der Waals surface area contributed by atoms with Crippen LogP contribution in [0.3, 0.4) is 0 Å². The first-order chi connectivity index (χ1) is 9.79. The second kappa shape index (κ2) is 5.59. The molecule has 0 bridgehead atoms. The molecule has 0 atom stereocenters. The fourth-order valence-corrected chi connectivity index (χ4v) is 3.07. The zero-order chi connectivity index (χ0) is 13.9. The molecule has 3 rings (SSSR count). The van der Waals surface area contributed by atoms with Gasteiger partial charge in [0.2, 0.25) is 0 Å². The third-order valence-corrected chi connectivity index (χ3v) is 4.14. The number of fused-ring (bicyclic) bond motifs is 1. The molecular formula is C16H19N3O. The highest BCUT2D eigenvalue weighted by atomic mass is 16.2. The second-order valence-electron chi connectivity index (χ2n) is 5.42. The number of nitrogens with one attached hydrogen (secondary N) is 1. The fraction of sp³-hybridized carbons (Fsp3) is 0.375. The number of hydrogen-bond acceptors (Lipinski definition) is 3. The number of aromatic nitrogens is 1. The molecule has 0 spiro atoms. The number of rotatable bonds is 2. The molecule has 1 aliphatic carbocycles. The minimum absolute atomic E-state index is 0.249. The summed E-state index contributed by atoms with van der Waals surface area (Å²) < 4.78 is 0. The topological polar surface area (TPSA) is 68.0 Å². The summed E-state index contributed by atoms with van der Waals surface area (Å²) in [5.74, 6) is 5.52. The standard InChI is InChI=1S/C16H19N3O/c17-19-16(20)13-10-15(11-6-2-1-3-7-11)18-14-9-5-4-8-12(13)14/h4-5,8-11H,1-3,6-7,17H2,(H,19,20). The molecule has 0 aliphatic heterocycles. The SMILES string of the molecule is NNC(=O)c1cc(C2CCCCC2)nc2ccccc12. The van der Waals surface area contributed by atoms with Crippen molar-refractivity contribution in [3.05, 3.63) is 41.6 Å². The number of nitrogen functional groups attached to an aromatic ring is 1. The first kappa shape index (κ1) is 13.1. The van der Waals surface area contributed by atoms with Crippen molar-refractivity contribution in [3.8, 4) is 0 Å². The van der Waals surface area contributed by atoms with Gasteiger partial charge in [-0.15, -0.1) is 0 Å². The first-order valence-electron chi connectivity index (χ1n) is 7.20. The Balaban J connectivity index is 2.11. The Morgan fingerprint density at radius 2 is 1.95 bits per heavy atom. The van der Waals surface area contributed by atoms with Crippen molar-refractivity contribution in [1.29, 1.82) is 0 Å². The largest absolute Gasteiger partial charge is 0.290 e. The summed E-state index contributed by atoms with van der Waals surface area (Å²) in [6.07, 6.45) is 6.12. The van der Waals surface area contributed by atoms with Gasteiger partial charge >= 0.3 is 0 Å². The van der Waals surface area contributed by atoms with Crippen molar-refractivity contribution in [2.24, 2.45) is 5.84 Å². The molecule has 1 aromatic carbocycles. The second-order valence-corrected chi connectivity index (χ2v) is 5.42. The van der Waals surface area contributed by atoms with E-state index in [-0.39, 0.29) is 5.91 Å². The molecule has 4 heteroatoms.